The quantitative estimate of drug-likeness (QED) is 0.576. The lowest BCUT2D eigenvalue weighted by Crippen LogP contribution is -2.11. The zero-order valence-electron chi connectivity index (χ0n) is 14.4. The third kappa shape index (κ3) is 2.82. The summed E-state index contributed by atoms with van der Waals surface area (Å²) in [6.07, 6.45) is 2.03. The maximum absolute atomic E-state index is 12.5. The average Bonchev–Trinajstić information content (AvgIpc) is 3.39. The molecule has 0 fully saturated rings. The second-order valence-corrected chi connectivity index (χ2v) is 7.09. The number of carbonyl (C=O) groups excluding carboxylic acids is 1. The second kappa shape index (κ2) is 6.14. The molecule has 0 atom stereocenters. The lowest BCUT2D eigenvalue weighted by molar-refractivity contribution is 0.102. The van der Waals surface area contributed by atoms with Crippen molar-refractivity contribution < 1.29 is 14.3 Å². The van der Waals surface area contributed by atoms with Crippen LogP contribution in [0.4, 0.5) is 5.69 Å². The van der Waals surface area contributed by atoms with Crippen LogP contribution in [-0.4, -0.2) is 22.1 Å². The number of thiazole rings is 1. The predicted octanol–water partition coefficient (Wildman–Crippen LogP) is 4.35. The Balaban J connectivity index is 1.34. The molecule has 1 aliphatic heterocycles. The van der Waals surface area contributed by atoms with Crippen molar-refractivity contribution in [2.45, 2.75) is 6.92 Å². The molecule has 2 aromatic carbocycles. The topological polar surface area (TPSA) is 64.9 Å². The highest BCUT2D eigenvalue weighted by Gasteiger charge is 2.16. The number of anilines is 1. The van der Waals surface area contributed by atoms with Crippen molar-refractivity contribution in [1.82, 2.24) is 9.38 Å². The van der Waals surface area contributed by atoms with Gasteiger partial charge in [-0.05, 0) is 37.3 Å². The van der Waals surface area contributed by atoms with Gasteiger partial charge in [0, 0.05) is 34.1 Å². The molecule has 1 aliphatic rings. The molecule has 0 radical (unpaired) electrons. The van der Waals surface area contributed by atoms with Crippen LogP contribution in [0.1, 0.15) is 16.1 Å². The highest BCUT2D eigenvalue weighted by Crippen LogP contribution is 2.32. The Kier molecular flexibility index (Phi) is 3.61. The zero-order chi connectivity index (χ0) is 18.4. The minimum absolute atomic E-state index is 0.188. The first kappa shape index (κ1) is 15.9. The molecular weight excluding hydrogens is 362 g/mol. The van der Waals surface area contributed by atoms with E-state index < -0.39 is 0 Å². The third-order valence-corrected chi connectivity index (χ3v) is 5.42. The highest BCUT2D eigenvalue weighted by molar-refractivity contribution is 7.15. The highest BCUT2D eigenvalue weighted by atomic mass is 32.1. The molecule has 1 N–H and O–H groups in total. The largest absolute Gasteiger partial charge is 0.454 e. The molecule has 0 bridgehead atoms. The number of fused-ring (bicyclic) bond motifs is 2. The fraction of sp³-hybridized carbons (Fsp3) is 0.100. The normalized spacial score (nSPS) is 12.5. The van der Waals surface area contributed by atoms with Crippen molar-refractivity contribution in [3.63, 3.8) is 0 Å². The van der Waals surface area contributed by atoms with Crippen LogP contribution < -0.4 is 14.8 Å². The summed E-state index contributed by atoms with van der Waals surface area (Å²) in [4.78, 5) is 18.1. The minimum Gasteiger partial charge on any atom is -0.454 e. The molecule has 3 heterocycles. The molecule has 1 amide bonds. The number of aromatic nitrogens is 2. The van der Waals surface area contributed by atoms with Gasteiger partial charge in [0.25, 0.3) is 5.91 Å². The van der Waals surface area contributed by atoms with Crippen molar-refractivity contribution in [3.8, 4) is 22.8 Å². The van der Waals surface area contributed by atoms with Crippen LogP contribution in [0.5, 0.6) is 11.5 Å². The SMILES string of the molecule is Cc1csc2nc(-c3ccc(NC(=O)c4ccc5c(c4)OCO5)cc3)cn12. The van der Waals surface area contributed by atoms with Crippen molar-refractivity contribution in [1.29, 1.82) is 0 Å². The van der Waals surface area contributed by atoms with Gasteiger partial charge in [-0.25, -0.2) is 4.98 Å². The molecule has 27 heavy (non-hydrogen) atoms. The maximum atomic E-state index is 12.5. The van der Waals surface area contributed by atoms with Crippen LogP contribution in [0.3, 0.4) is 0 Å². The molecule has 0 saturated heterocycles. The van der Waals surface area contributed by atoms with E-state index in [-0.39, 0.29) is 12.7 Å². The molecule has 134 valence electrons. The number of hydrogen-bond donors (Lipinski definition) is 1. The monoisotopic (exact) mass is 377 g/mol. The van der Waals surface area contributed by atoms with E-state index in [1.807, 2.05) is 30.5 Å². The number of rotatable bonds is 3. The molecule has 6 nitrogen and oxygen atoms in total. The van der Waals surface area contributed by atoms with E-state index >= 15 is 0 Å². The molecule has 4 aromatic rings. The number of ether oxygens (including phenoxy) is 2. The van der Waals surface area contributed by atoms with Gasteiger partial charge in [-0.15, -0.1) is 11.3 Å². The molecule has 2 aromatic heterocycles. The molecule has 5 rings (SSSR count). The lowest BCUT2D eigenvalue weighted by atomic mass is 10.1. The summed E-state index contributed by atoms with van der Waals surface area (Å²) in [5.74, 6) is 1.05. The Morgan fingerprint density at radius 1 is 1.15 bits per heavy atom. The van der Waals surface area contributed by atoms with Crippen molar-refractivity contribution in [2.75, 3.05) is 12.1 Å². The lowest BCUT2D eigenvalue weighted by Gasteiger charge is -2.07. The average molecular weight is 377 g/mol. The number of nitrogens with zero attached hydrogens (tertiary/aromatic N) is 2. The Labute approximate surface area is 159 Å². The van der Waals surface area contributed by atoms with Gasteiger partial charge in [0.2, 0.25) is 6.79 Å². The van der Waals surface area contributed by atoms with Gasteiger partial charge < -0.3 is 14.8 Å². The van der Waals surface area contributed by atoms with Crippen LogP contribution in [0.15, 0.2) is 54.0 Å². The third-order valence-electron chi connectivity index (χ3n) is 4.46. The Hall–Kier alpha value is -3.32. The summed E-state index contributed by atoms with van der Waals surface area (Å²) in [6.45, 7) is 2.25. The van der Waals surface area contributed by atoms with Crippen LogP contribution in [0.25, 0.3) is 16.2 Å². The second-order valence-electron chi connectivity index (χ2n) is 6.26. The van der Waals surface area contributed by atoms with Crippen LogP contribution >= 0.6 is 11.3 Å². The molecule has 0 spiro atoms. The number of imidazole rings is 1. The molecular formula is C20H15N3O3S. The van der Waals surface area contributed by atoms with Crippen LogP contribution in [0.2, 0.25) is 0 Å². The number of hydrogen-bond acceptors (Lipinski definition) is 5. The summed E-state index contributed by atoms with van der Waals surface area (Å²) in [7, 11) is 0. The van der Waals surface area contributed by atoms with Crippen molar-refractivity contribution in [3.05, 3.63) is 65.3 Å². The smallest absolute Gasteiger partial charge is 0.255 e. The first-order valence-electron chi connectivity index (χ1n) is 8.42. The summed E-state index contributed by atoms with van der Waals surface area (Å²) in [5, 5.41) is 4.98. The Bertz CT molecular complexity index is 1160. The predicted molar refractivity (Wildman–Crippen MR) is 104 cm³/mol. The summed E-state index contributed by atoms with van der Waals surface area (Å²) < 4.78 is 12.7. The van der Waals surface area contributed by atoms with Gasteiger partial charge in [-0.3, -0.25) is 9.20 Å². The number of amides is 1. The van der Waals surface area contributed by atoms with Gasteiger partial charge in [-0.2, -0.15) is 0 Å². The van der Waals surface area contributed by atoms with E-state index in [2.05, 4.69) is 27.0 Å². The first-order chi connectivity index (χ1) is 13.2. The van der Waals surface area contributed by atoms with E-state index in [0.29, 0.717) is 17.1 Å². The van der Waals surface area contributed by atoms with E-state index in [1.54, 1.807) is 29.5 Å². The van der Waals surface area contributed by atoms with Crippen molar-refractivity contribution >= 4 is 27.9 Å². The van der Waals surface area contributed by atoms with E-state index in [4.69, 9.17) is 9.47 Å². The number of benzene rings is 2. The number of carbonyl (C=O) groups is 1. The fourth-order valence-electron chi connectivity index (χ4n) is 3.00. The Morgan fingerprint density at radius 3 is 2.78 bits per heavy atom. The minimum atomic E-state index is -0.195. The number of nitrogens with one attached hydrogen (secondary N) is 1. The van der Waals surface area contributed by atoms with Gasteiger partial charge in [0.15, 0.2) is 16.5 Å². The molecule has 7 heteroatoms. The zero-order valence-corrected chi connectivity index (χ0v) is 15.2. The Morgan fingerprint density at radius 2 is 1.96 bits per heavy atom. The van der Waals surface area contributed by atoms with E-state index in [0.717, 1.165) is 21.9 Å². The van der Waals surface area contributed by atoms with Crippen molar-refractivity contribution in [2.24, 2.45) is 0 Å². The molecule has 0 aliphatic carbocycles. The number of aryl methyl sites for hydroxylation is 1. The standard InChI is InChI=1S/C20H15N3O3S/c1-12-10-27-20-22-16(9-23(12)20)13-2-5-15(6-3-13)21-19(24)14-4-7-17-18(8-14)26-11-25-17/h2-10H,11H2,1H3,(H,21,24). The maximum Gasteiger partial charge on any atom is 0.255 e. The summed E-state index contributed by atoms with van der Waals surface area (Å²) in [5.41, 5.74) is 4.33. The van der Waals surface area contributed by atoms with Gasteiger partial charge in [0.1, 0.15) is 0 Å². The summed E-state index contributed by atoms with van der Waals surface area (Å²) in [6, 6.07) is 12.8. The summed E-state index contributed by atoms with van der Waals surface area (Å²) >= 11 is 1.62. The molecule has 0 unspecified atom stereocenters. The van der Waals surface area contributed by atoms with Gasteiger partial charge >= 0.3 is 0 Å². The fourth-order valence-corrected chi connectivity index (χ4v) is 3.85. The van der Waals surface area contributed by atoms with E-state index in [9.17, 15) is 4.79 Å². The first-order valence-corrected chi connectivity index (χ1v) is 9.30. The molecule has 0 saturated carbocycles. The van der Waals surface area contributed by atoms with Crippen LogP contribution in [0, 0.1) is 6.92 Å². The van der Waals surface area contributed by atoms with Gasteiger partial charge in [0.05, 0.1) is 5.69 Å². The van der Waals surface area contributed by atoms with E-state index in [1.165, 1.54) is 5.69 Å². The van der Waals surface area contributed by atoms with Crippen LogP contribution in [-0.2, 0) is 0 Å². The van der Waals surface area contributed by atoms with Gasteiger partial charge in [-0.1, -0.05) is 12.1 Å².